The molecule has 2 rings (SSSR count). The number of hydrogen-bond acceptors (Lipinski definition) is 4. The van der Waals surface area contributed by atoms with E-state index in [-0.39, 0.29) is 11.3 Å². The second-order valence-electron chi connectivity index (χ2n) is 3.47. The summed E-state index contributed by atoms with van der Waals surface area (Å²) in [6.45, 7) is 1.48. The van der Waals surface area contributed by atoms with Crippen molar-refractivity contribution in [3.63, 3.8) is 0 Å². The lowest BCUT2D eigenvalue weighted by molar-refractivity contribution is 0.0696. The highest BCUT2D eigenvalue weighted by Crippen LogP contribution is 2.26. The van der Waals surface area contributed by atoms with E-state index in [0.29, 0.717) is 15.4 Å². The summed E-state index contributed by atoms with van der Waals surface area (Å²) in [5.74, 6) is -1.02. The quantitative estimate of drug-likeness (QED) is 0.847. The first kappa shape index (κ1) is 11.5. The number of rotatable bonds is 3. The van der Waals surface area contributed by atoms with Crippen LogP contribution in [0.15, 0.2) is 30.5 Å². The van der Waals surface area contributed by atoms with Crippen LogP contribution in [-0.2, 0) is 0 Å². The molecular weight excluding hydrogens is 238 g/mol. The van der Waals surface area contributed by atoms with Gasteiger partial charge in [-0.05, 0) is 12.1 Å². The van der Waals surface area contributed by atoms with Gasteiger partial charge in [0.05, 0.1) is 10.4 Å². The number of ketones is 1. The average Bonchev–Trinajstić information content (AvgIpc) is 2.78. The smallest absolute Gasteiger partial charge is 0.335 e. The lowest BCUT2D eigenvalue weighted by Gasteiger charge is -1.98. The number of aromatic carboxylic acids is 1. The minimum atomic E-state index is -0.977. The van der Waals surface area contributed by atoms with Gasteiger partial charge in [-0.25, -0.2) is 9.78 Å². The molecule has 0 atom stereocenters. The van der Waals surface area contributed by atoms with Gasteiger partial charge < -0.3 is 5.11 Å². The molecule has 4 nitrogen and oxygen atoms in total. The standard InChI is InChI=1S/C12H9NO3S/c1-7(14)10-6-13-11(17-10)8-3-2-4-9(5-8)12(15)16/h2-6H,1H3,(H,15,16). The van der Waals surface area contributed by atoms with Gasteiger partial charge >= 0.3 is 5.97 Å². The van der Waals surface area contributed by atoms with Crippen molar-refractivity contribution < 1.29 is 14.7 Å². The third-order valence-corrected chi connectivity index (χ3v) is 3.36. The highest BCUT2D eigenvalue weighted by atomic mass is 32.1. The van der Waals surface area contributed by atoms with E-state index in [1.54, 1.807) is 18.2 Å². The SMILES string of the molecule is CC(=O)c1cnc(-c2cccc(C(=O)O)c2)s1. The Labute approximate surface area is 102 Å². The Balaban J connectivity index is 2.42. The van der Waals surface area contributed by atoms with Crippen LogP contribution in [0, 0.1) is 0 Å². The van der Waals surface area contributed by atoms with E-state index in [1.807, 2.05) is 0 Å². The van der Waals surface area contributed by atoms with Gasteiger partial charge in [0.25, 0.3) is 0 Å². The number of Topliss-reactive ketones (excluding diaryl/α,β-unsaturated/α-hetero) is 1. The van der Waals surface area contributed by atoms with E-state index in [9.17, 15) is 9.59 Å². The van der Waals surface area contributed by atoms with E-state index in [1.165, 1.54) is 30.5 Å². The normalized spacial score (nSPS) is 10.2. The summed E-state index contributed by atoms with van der Waals surface area (Å²) in [5.41, 5.74) is 0.921. The van der Waals surface area contributed by atoms with Gasteiger partial charge in [-0.2, -0.15) is 0 Å². The van der Waals surface area contributed by atoms with Crippen LogP contribution in [0.1, 0.15) is 27.0 Å². The molecular formula is C12H9NO3S. The number of carboxylic acids is 1. The maximum absolute atomic E-state index is 11.1. The van der Waals surface area contributed by atoms with Gasteiger partial charge in [0.1, 0.15) is 5.01 Å². The Morgan fingerprint density at radius 3 is 2.71 bits per heavy atom. The van der Waals surface area contributed by atoms with Crippen LogP contribution in [0.3, 0.4) is 0 Å². The second-order valence-corrected chi connectivity index (χ2v) is 4.50. The summed E-state index contributed by atoms with van der Waals surface area (Å²) in [4.78, 5) is 26.7. The maximum atomic E-state index is 11.1. The number of nitrogens with zero attached hydrogens (tertiary/aromatic N) is 1. The highest BCUT2D eigenvalue weighted by Gasteiger charge is 2.10. The minimum Gasteiger partial charge on any atom is -0.478 e. The summed E-state index contributed by atoms with van der Waals surface area (Å²) >= 11 is 1.26. The predicted molar refractivity (Wildman–Crippen MR) is 64.5 cm³/mol. The summed E-state index contributed by atoms with van der Waals surface area (Å²) < 4.78 is 0. The molecule has 0 aliphatic heterocycles. The summed E-state index contributed by atoms with van der Waals surface area (Å²) in [7, 11) is 0. The van der Waals surface area contributed by atoms with E-state index >= 15 is 0 Å². The monoisotopic (exact) mass is 247 g/mol. The average molecular weight is 247 g/mol. The first-order valence-electron chi connectivity index (χ1n) is 4.88. The van der Waals surface area contributed by atoms with Gasteiger partial charge in [-0.3, -0.25) is 4.79 Å². The Bertz CT molecular complexity index is 589. The van der Waals surface area contributed by atoms with E-state index in [4.69, 9.17) is 5.11 Å². The molecule has 17 heavy (non-hydrogen) atoms. The Hall–Kier alpha value is -2.01. The van der Waals surface area contributed by atoms with Crippen LogP contribution in [0.25, 0.3) is 10.6 Å². The van der Waals surface area contributed by atoms with E-state index in [2.05, 4.69) is 4.98 Å². The minimum absolute atomic E-state index is 0.0388. The largest absolute Gasteiger partial charge is 0.478 e. The number of aromatic nitrogens is 1. The fourth-order valence-electron chi connectivity index (χ4n) is 1.36. The number of carboxylic acid groups (broad SMARTS) is 1. The first-order valence-corrected chi connectivity index (χ1v) is 5.70. The van der Waals surface area contributed by atoms with Gasteiger partial charge in [0, 0.05) is 18.7 Å². The molecule has 5 heteroatoms. The van der Waals surface area contributed by atoms with Crippen molar-refractivity contribution in [2.45, 2.75) is 6.92 Å². The van der Waals surface area contributed by atoms with Gasteiger partial charge in [0.2, 0.25) is 0 Å². The van der Waals surface area contributed by atoms with Crippen LogP contribution in [-0.4, -0.2) is 21.8 Å². The molecule has 0 fully saturated rings. The van der Waals surface area contributed by atoms with Gasteiger partial charge in [0.15, 0.2) is 5.78 Å². The molecule has 0 radical (unpaired) electrons. The molecule has 0 aliphatic carbocycles. The molecule has 0 bridgehead atoms. The zero-order valence-corrected chi connectivity index (χ0v) is 9.82. The summed E-state index contributed by atoms with van der Waals surface area (Å²) in [6, 6.07) is 6.50. The molecule has 1 N–H and O–H groups in total. The second kappa shape index (κ2) is 4.47. The van der Waals surface area contributed by atoms with Crippen molar-refractivity contribution in [1.82, 2.24) is 4.98 Å². The molecule has 2 aromatic rings. The Morgan fingerprint density at radius 2 is 2.12 bits per heavy atom. The van der Waals surface area contributed by atoms with Crippen molar-refractivity contribution in [3.05, 3.63) is 40.9 Å². The van der Waals surface area contributed by atoms with Crippen LogP contribution in [0.5, 0.6) is 0 Å². The van der Waals surface area contributed by atoms with Crippen LogP contribution < -0.4 is 0 Å². The zero-order chi connectivity index (χ0) is 12.4. The van der Waals surface area contributed by atoms with Crippen LogP contribution >= 0.6 is 11.3 Å². The third-order valence-electron chi connectivity index (χ3n) is 2.21. The fraction of sp³-hybridized carbons (Fsp3) is 0.0833. The number of carbonyl (C=O) groups excluding carboxylic acids is 1. The predicted octanol–water partition coefficient (Wildman–Crippen LogP) is 2.71. The molecule has 1 aromatic heterocycles. The summed E-state index contributed by atoms with van der Waals surface area (Å²) in [6.07, 6.45) is 1.51. The van der Waals surface area contributed by atoms with Crippen LogP contribution in [0.2, 0.25) is 0 Å². The molecule has 86 valence electrons. The highest BCUT2D eigenvalue weighted by molar-refractivity contribution is 7.16. The van der Waals surface area contributed by atoms with E-state index in [0.717, 1.165) is 0 Å². The first-order chi connectivity index (χ1) is 8.08. The molecule has 0 amide bonds. The van der Waals surface area contributed by atoms with Crippen molar-refractivity contribution in [3.8, 4) is 10.6 Å². The topological polar surface area (TPSA) is 67.3 Å². The van der Waals surface area contributed by atoms with Crippen LogP contribution in [0.4, 0.5) is 0 Å². The molecule has 1 aromatic carbocycles. The zero-order valence-electron chi connectivity index (χ0n) is 9.01. The molecule has 0 saturated carbocycles. The van der Waals surface area contributed by atoms with E-state index < -0.39 is 5.97 Å². The lowest BCUT2D eigenvalue weighted by atomic mass is 10.1. The molecule has 0 unspecified atom stereocenters. The maximum Gasteiger partial charge on any atom is 0.335 e. The van der Waals surface area contributed by atoms with Crippen molar-refractivity contribution in [2.24, 2.45) is 0 Å². The number of carbonyl (C=O) groups is 2. The van der Waals surface area contributed by atoms with Gasteiger partial charge in [-0.1, -0.05) is 12.1 Å². The summed E-state index contributed by atoms with van der Waals surface area (Å²) in [5, 5.41) is 9.53. The fourth-order valence-corrected chi connectivity index (χ4v) is 2.16. The molecule has 1 heterocycles. The number of thiazole rings is 1. The number of benzene rings is 1. The number of hydrogen-bond donors (Lipinski definition) is 1. The molecule has 0 saturated heterocycles. The van der Waals surface area contributed by atoms with Crippen molar-refractivity contribution >= 4 is 23.1 Å². The Kier molecular flexibility index (Phi) is 3.01. The van der Waals surface area contributed by atoms with Crippen molar-refractivity contribution in [1.29, 1.82) is 0 Å². The molecule has 0 spiro atoms. The Morgan fingerprint density at radius 1 is 1.35 bits per heavy atom. The molecule has 0 aliphatic rings. The lowest BCUT2D eigenvalue weighted by Crippen LogP contribution is -1.95. The van der Waals surface area contributed by atoms with Gasteiger partial charge in [-0.15, -0.1) is 11.3 Å². The van der Waals surface area contributed by atoms with Crippen molar-refractivity contribution in [2.75, 3.05) is 0 Å². The third kappa shape index (κ3) is 2.39.